The van der Waals surface area contributed by atoms with Crippen LogP contribution in [0.2, 0.25) is 0 Å². The molecular formula is C21H22N4O3. The van der Waals surface area contributed by atoms with Crippen molar-refractivity contribution < 1.29 is 14.3 Å². The van der Waals surface area contributed by atoms with Crippen LogP contribution in [0, 0.1) is 0 Å². The Balaban J connectivity index is 1.43. The normalized spacial score (nSPS) is 16.5. The van der Waals surface area contributed by atoms with Gasteiger partial charge in [0, 0.05) is 24.7 Å². The zero-order valence-electron chi connectivity index (χ0n) is 15.7. The first kappa shape index (κ1) is 18.2. The van der Waals surface area contributed by atoms with Gasteiger partial charge in [0.15, 0.2) is 23.9 Å². The fourth-order valence-electron chi connectivity index (χ4n) is 3.59. The largest absolute Gasteiger partial charge is 0.484 e. The van der Waals surface area contributed by atoms with Crippen molar-refractivity contribution in [2.45, 2.75) is 32.2 Å². The zero-order valence-corrected chi connectivity index (χ0v) is 15.7. The summed E-state index contributed by atoms with van der Waals surface area (Å²) in [4.78, 5) is 26.3. The van der Waals surface area contributed by atoms with Gasteiger partial charge in [0.25, 0.3) is 5.91 Å². The number of rotatable bonds is 6. The number of amides is 1. The quantitative estimate of drug-likeness (QED) is 0.616. The number of hydrogen-bond donors (Lipinski definition) is 0. The highest BCUT2D eigenvalue weighted by molar-refractivity contribution is 5.95. The van der Waals surface area contributed by atoms with E-state index in [0.29, 0.717) is 24.3 Å². The first-order chi connectivity index (χ1) is 13.7. The summed E-state index contributed by atoms with van der Waals surface area (Å²) in [6, 6.07) is 12.5. The van der Waals surface area contributed by atoms with E-state index in [1.165, 1.54) is 0 Å². The lowest BCUT2D eigenvalue weighted by atomic mass is 10.1. The maximum atomic E-state index is 12.8. The molecule has 0 spiro atoms. The minimum atomic E-state index is -0.0990. The van der Waals surface area contributed by atoms with Gasteiger partial charge in [-0.1, -0.05) is 13.0 Å². The fraction of sp³-hybridized carbons (Fsp3) is 0.333. The molecule has 3 aromatic rings. The van der Waals surface area contributed by atoms with Gasteiger partial charge in [-0.3, -0.25) is 14.0 Å². The van der Waals surface area contributed by atoms with E-state index in [2.05, 4.69) is 10.2 Å². The highest BCUT2D eigenvalue weighted by Gasteiger charge is 2.33. The highest BCUT2D eigenvalue weighted by atomic mass is 16.5. The third kappa shape index (κ3) is 3.47. The first-order valence-electron chi connectivity index (χ1n) is 9.52. The van der Waals surface area contributed by atoms with Crippen LogP contribution in [0.1, 0.15) is 48.4 Å². The number of hydrogen-bond acceptors (Lipinski definition) is 5. The van der Waals surface area contributed by atoms with E-state index in [1.807, 2.05) is 40.6 Å². The number of carbonyl (C=O) groups is 2. The molecule has 1 amide bonds. The van der Waals surface area contributed by atoms with Crippen molar-refractivity contribution in [2.75, 3.05) is 13.2 Å². The second-order valence-corrected chi connectivity index (χ2v) is 6.82. The lowest BCUT2D eigenvalue weighted by molar-refractivity contribution is -0.134. The van der Waals surface area contributed by atoms with E-state index in [-0.39, 0.29) is 24.3 Å². The Morgan fingerprint density at radius 1 is 1.14 bits per heavy atom. The number of benzene rings is 1. The Morgan fingerprint density at radius 3 is 2.75 bits per heavy atom. The summed E-state index contributed by atoms with van der Waals surface area (Å²) in [7, 11) is 0. The molecule has 0 bridgehead atoms. The van der Waals surface area contributed by atoms with Crippen LogP contribution in [0.15, 0.2) is 48.7 Å². The Morgan fingerprint density at radius 2 is 1.96 bits per heavy atom. The number of ketones is 1. The van der Waals surface area contributed by atoms with Crippen molar-refractivity contribution in [2.24, 2.45) is 0 Å². The van der Waals surface area contributed by atoms with E-state index in [9.17, 15) is 9.59 Å². The fourth-order valence-corrected chi connectivity index (χ4v) is 3.59. The smallest absolute Gasteiger partial charge is 0.261 e. The molecule has 144 valence electrons. The molecule has 0 aliphatic carbocycles. The van der Waals surface area contributed by atoms with Crippen LogP contribution < -0.4 is 4.74 Å². The van der Waals surface area contributed by atoms with E-state index >= 15 is 0 Å². The van der Waals surface area contributed by atoms with Gasteiger partial charge in [0.2, 0.25) is 0 Å². The number of fused-ring (bicyclic) bond motifs is 1. The Bertz CT molecular complexity index is 996. The average molecular weight is 378 g/mol. The van der Waals surface area contributed by atoms with Gasteiger partial charge >= 0.3 is 0 Å². The summed E-state index contributed by atoms with van der Waals surface area (Å²) < 4.78 is 7.59. The van der Waals surface area contributed by atoms with E-state index < -0.39 is 0 Å². The molecule has 1 fully saturated rings. The molecule has 0 unspecified atom stereocenters. The lowest BCUT2D eigenvalue weighted by Crippen LogP contribution is -2.35. The molecule has 0 radical (unpaired) electrons. The molecule has 1 saturated heterocycles. The van der Waals surface area contributed by atoms with Gasteiger partial charge in [-0.25, -0.2) is 0 Å². The topological polar surface area (TPSA) is 76.8 Å². The minimum Gasteiger partial charge on any atom is -0.484 e. The number of likely N-dealkylation sites (tertiary alicyclic amines) is 1. The van der Waals surface area contributed by atoms with Crippen LogP contribution >= 0.6 is 0 Å². The number of Topliss-reactive ketones (excluding diaryl/α,β-unsaturated/α-hetero) is 1. The van der Waals surface area contributed by atoms with Gasteiger partial charge in [0.1, 0.15) is 5.75 Å². The minimum absolute atomic E-state index is 0.0473. The van der Waals surface area contributed by atoms with Gasteiger partial charge in [0.05, 0.1) is 6.04 Å². The molecular weight excluding hydrogens is 356 g/mol. The van der Waals surface area contributed by atoms with E-state index in [0.717, 1.165) is 24.3 Å². The molecule has 4 rings (SSSR count). The molecule has 1 atom stereocenters. The Labute approximate surface area is 162 Å². The monoisotopic (exact) mass is 378 g/mol. The van der Waals surface area contributed by atoms with Gasteiger partial charge in [-0.2, -0.15) is 0 Å². The molecule has 7 heteroatoms. The summed E-state index contributed by atoms with van der Waals surface area (Å²) in [5, 5.41) is 8.51. The standard InChI is InChI=1S/C21H22N4O3/c1-2-18(26)15-8-10-16(11-9-15)28-14-20(27)24-13-5-6-17(24)21-23-22-19-7-3-4-12-25(19)21/h3-4,7-12,17H,2,5-6,13-14H2,1H3/t17-/m1/s1. The Hall–Kier alpha value is -3.22. The molecule has 0 N–H and O–H groups in total. The maximum Gasteiger partial charge on any atom is 0.261 e. The van der Waals surface area contributed by atoms with Crippen molar-refractivity contribution in [3.63, 3.8) is 0 Å². The van der Waals surface area contributed by atoms with Crippen molar-refractivity contribution in [1.29, 1.82) is 0 Å². The van der Waals surface area contributed by atoms with Crippen molar-refractivity contribution in [1.82, 2.24) is 19.5 Å². The third-order valence-corrected chi connectivity index (χ3v) is 5.07. The molecule has 7 nitrogen and oxygen atoms in total. The van der Waals surface area contributed by atoms with Crippen LogP contribution in [-0.4, -0.2) is 44.3 Å². The lowest BCUT2D eigenvalue weighted by Gasteiger charge is -2.23. The predicted octanol–water partition coefficient (Wildman–Crippen LogP) is 3.06. The average Bonchev–Trinajstić information content (AvgIpc) is 3.38. The molecule has 28 heavy (non-hydrogen) atoms. The van der Waals surface area contributed by atoms with Crippen molar-refractivity contribution >= 4 is 17.3 Å². The molecule has 1 aromatic carbocycles. The van der Waals surface area contributed by atoms with Gasteiger partial charge in [-0.05, 0) is 49.2 Å². The Kier molecular flexibility index (Phi) is 5.06. The molecule has 0 saturated carbocycles. The van der Waals surface area contributed by atoms with Crippen molar-refractivity contribution in [3.05, 3.63) is 60.0 Å². The first-order valence-corrected chi connectivity index (χ1v) is 9.52. The highest BCUT2D eigenvalue weighted by Crippen LogP contribution is 2.31. The zero-order chi connectivity index (χ0) is 19.5. The van der Waals surface area contributed by atoms with E-state index in [4.69, 9.17) is 4.74 Å². The second kappa shape index (κ2) is 7.80. The van der Waals surface area contributed by atoms with Crippen molar-refractivity contribution in [3.8, 4) is 5.75 Å². The molecule has 2 aromatic heterocycles. The van der Waals surface area contributed by atoms with Crippen LogP contribution in [0.5, 0.6) is 5.75 Å². The SMILES string of the molecule is CCC(=O)c1ccc(OCC(=O)N2CCC[C@@H]2c2nnc3ccccn23)cc1. The van der Waals surface area contributed by atoms with Gasteiger partial charge < -0.3 is 9.64 Å². The predicted molar refractivity (Wildman–Crippen MR) is 103 cm³/mol. The summed E-state index contributed by atoms with van der Waals surface area (Å²) in [5.41, 5.74) is 1.43. The molecule has 3 heterocycles. The number of carbonyl (C=O) groups excluding carboxylic acids is 2. The molecule has 1 aliphatic rings. The maximum absolute atomic E-state index is 12.8. The number of nitrogens with zero attached hydrogens (tertiary/aromatic N) is 4. The van der Waals surface area contributed by atoms with Crippen LogP contribution in [0.25, 0.3) is 5.65 Å². The summed E-state index contributed by atoms with van der Waals surface area (Å²) in [5.74, 6) is 1.36. The summed E-state index contributed by atoms with van der Waals surface area (Å²) in [6.45, 7) is 2.46. The second-order valence-electron chi connectivity index (χ2n) is 6.82. The van der Waals surface area contributed by atoms with Gasteiger partial charge in [-0.15, -0.1) is 10.2 Å². The van der Waals surface area contributed by atoms with Crippen LogP contribution in [0.3, 0.4) is 0 Å². The number of pyridine rings is 1. The number of aromatic nitrogens is 3. The molecule has 1 aliphatic heterocycles. The third-order valence-electron chi connectivity index (χ3n) is 5.07. The van der Waals surface area contributed by atoms with E-state index in [1.54, 1.807) is 24.3 Å². The van der Waals surface area contributed by atoms with Crippen LogP contribution in [0.4, 0.5) is 0 Å². The number of ether oxygens (including phenoxy) is 1. The summed E-state index contributed by atoms with van der Waals surface area (Å²) in [6.07, 6.45) is 4.16. The van der Waals surface area contributed by atoms with Crippen LogP contribution in [-0.2, 0) is 4.79 Å². The summed E-state index contributed by atoms with van der Waals surface area (Å²) >= 11 is 0.